The van der Waals surface area contributed by atoms with Crippen molar-refractivity contribution in [2.45, 2.75) is 39.8 Å². The molecular formula is C19H23ClN2O4. The molecule has 1 heterocycles. The molecule has 140 valence electrons. The number of H-pyrrole nitrogens is 1. The van der Waals surface area contributed by atoms with E-state index in [9.17, 15) is 14.7 Å². The number of nitrogens with one attached hydrogen (secondary N) is 2. The maximum absolute atomic E-state index is 12.2. The first-order chi connectivity index (χ1) is 12.2. The molecule has 2 atom stereocenters. The summed E-state index contributed by atoms with van der Waals surface area (Å²) in [6.45, 7) is 6.51. The van der Waals surface area contributed by atoms with Crippen LogP contribution in [0, 0.1) is 13.8 Å². The van der Waals surface area contributed by atoms with Crippen molar-refractivity contribution in [2.75, 3.05) is 6.61 Å². The minimum atomic E-state index is -0.701. The Morgan fingerprint density at radius 1 is 1.27 bits per heavy atom. The van der Waals surface area contributed by atoms with Crippen molar-refractivity contribution < 1.29 is 19.4 Å². The molecule has 2 aromatic rings. The standard InChI is InChI=1S/C19H23ClN2O4/c1-10-17(13(4)23)12(3)22-18(10)19(25)26-9-16(24)21-11(2)14-7-5-6-8-15(14)20/h5-8,11,13,22-23H,9H2,1-4H3,(H,21,24)/t11-,13+/m0/s1. The highest BCUT2D eigenvalue weighted by molar-refractivity contribution is 6.31. The van der Waals surface area contributed by atoms with Gasteiger partial charge in [-0.05, 0) is 44.9 Å². The van der Waals surface area contributed by atoms with E-state index in [2.05, 4.69) is 10.3 Å². The predicted octanol–water partition coefficient (Wildman–Crippen LogP) is 3.37. The monoisotopic (exact) mass is 378 g/mol. The van der Waals surface area contributed by atoms with Crippen molar-refractivity contribution in [1.82, 2.24) is 10.3 Å². The van der Waals surface area contributed by atoms with Crippen LogP contribution in [0.4, 0.5) is 0 Å². The molecule has 0 unspecified atom stereocenters. The molecule has 0 radical (unpaired) electrons. The van der Waals surface area contributed by atoms with Crippen LogP contribution in [0.25, 0.3) is 0 Å². The Bertz CT molecular complexity index is 814. The molecule has 0 saturated carbocycles. The first kappa shape index (κ1) is 20.0. The number of aliphatic hydroxyl groups is 1. The summed E-state index contributed by atoms with van der Waals surface area (Å²) in [5.74, 6) is -1.07. The molecule has 7 heteroatoms. The molecule has 0 aliphatic heterocycles. The summed E-state index contributed by atoms with van der Waals surface area (Å²) < 4.78 is 5.09. The third kappa shape index (κ3) is 4.45. The van der Waals surface area contributed by atoms with Gasteiger partial charge in [0.2, 0.25) is 0 Å². The number of aliphatic hydroxyl groups excluding tert-OH is 1. The van der Waals surface area contributed by atoms with Crippen molar-refractivity contribution in [3.8, 4) is 0 Å². The highest BCUT2D eigenvalue weighted by Gasteiger charge is 2.22. The average molecular weight is 379 g/mol. The molecule has 1 aromatic carbocycles. The molecule has 2 rings (SSSR count). The summed E-state index contributed by atoms with van der Waals surface area (Å²) in [5.41, 5.74) is 3.00. The van der Waals surface area contributed by atoms with Gasteiger partial charge in [0, 0.05) is 16.3 Å². The van der Waals surface area contributed by atoms with Gasteiger partial charge >= 0.3 is 5.97 Å². The van der Waals surface area contributed by atoms with E-state index in [0.29, 0.717) is 21.8 Å². The van der Waals surface area contributed by atoms with Crippen LogP contribution >= 0.6 is 11.6 Å². The Labute approximate surface area is 157 Å². The van der Waals surface area contributed by atoms with Crippen LogP contribution in [0.1, 0.15) is 58.9 Å². The quantitative estimate of drug-likeness (QED) is 0.672. The number of amides is 1. The summed E-state index contributed by atoms with van der Waals surface area (Å²) in [5, 5.41) is 13.1. The first-order valence-electron chi connectivity index (χ1n) is 8.30. The van der Waals surface area contributed by atoms with Gasteiger partial charge in [0.05, 0.1) is 12.1 Å². The Morgan fingerprint density at radius 2 is 1.92 bits per heavy atom. The first-order valence-corrected chi connectivity index (χ1v) is 8.68. The van der Waals surface area contributed by atoms with Crippen LogP contribution in [-0.2, 0) is 9.53 Å². The van der Waals surface area contributed by atoms with Gasteiger partial charge in [-0.15, -0.1) is 0 Å². The van der Waals surface area contributed by atoms with Crippen molar-refractivity contribution >= 4 is 23.5 Å². The van der Waals surface area contributed by atoms with Gasteiger partial charge in [0.15, 0.2) is 6.61 Å². The maximum atomic E-state index is 12.2. The molecule has 1 amide bonds. The lowest BCUT2D eigenvalue weighted by Gasteiger charge is -2.15. The molecule has 26 heavy (non-hydrogen) atoms. The van der Waals surface area contributed by atoms with E-state index in [4.69, 9.17) is 16.3 Å². The molecular weight excluding hydrogens is 356 g/mol. The van der Waals surface area contributed by atoms with Crippen LogP contribution in [0.5, 0.6) is 0 Å². The maximum Gasteiger partial charge on any atom is 0.355 e. The van der Waals surface area contributed by atoms with E-state index >= 15 is 0 Å². The summed E-state index contributed by atoms with van der Waals surface area (Å²) in [7, 11) is 0. The smallest absolute Gasteiger partial charge is 0.355 e. The molecule has 1 aromatic heterocycles. The van der Waals surface area contributed by atoms with Gasteiger partial charge in [-0.25, -0.2) is 4.79 Å². The number of aryl methyl sites for hydroxylation is 1. The Balaban J connectivity index is 1.96. The lowest BCUT2D eigenvalue weighted by Crippen LogP contribution is -2.31. The molecule has 0 saturated heterocycles. The Morgan fingerprint density at radius 3 is 2.50 bits per heavy atom. The number of halogens is 1. The van der Waals surface area contributed by atoms with Crippen LogP contribution in [0.3, 0.4) is 0 Å². The molecule has 6 nitrogen and oxygen atoms in total. The average Bonchev–Trinajstić information content (AvgIpc) is 2.87. The van der Waals surface area contributed by atoms with E-state index in [1.54, 1.807) is 33.8 Å². The Hall–Kier alpha value is -2.31. The fourth-order valence-electron chi connectivity index (χ4n) is 2.99. The zero-order valence-electron chi connectivity index (χ0n) is 15.2. The number of rotatable bonds is 6. The molecule has 0 bridgehead atoms. The second-order valence-corrected chi connectivity index (χ2v) is 6.63. The fraction of sp³-hybridized carbons (Fsp3) is 0.368. The van der Waals surface area contributed by atoms with Crippen LogP contribution in [0.2, 0.25) is 5.02 Å². The summed E-state index contributed by atoms with van der Waals surface area (Å²) >= 11 is 6.11. The number of carbonyl (C=O) groups is 2. The van der Waals surface area contributed by atoms with Gasteiger partial charge < -0.3 is 20.1 Å². The summed E-state index contributed by atoms with van der Waals surface area (Å²) in [6, 6.07) is 6.90. The predicted molar refractivity (Wildman–Crippen MR) is 99.2 cm³/mol. The second kappa shape index (κ2) is 8.38. The lowest BCUT2D eigenvalue weighted by atomic mass is 10.1. The minimum absolute atomic E-state index is 0.241. The zero-order chi connectivity index (χ0) is 19.4. The van der Waals surface area contributed by atoms with E-state index in [1.807, 2.05) is 18.2 Å². The highest BCUT2D eigenvalue weighted by Crippen LogP contribution is 2.25. The van der Waals surface area contributed by atoms with Crippen LogP contribution in [0.15, 0.2) is 24.3 Å². The third-order valence-electron chi connectivity index (χ3n) is 4.20. The van der Waals surface area contributed by atoms with E-state index < -0.39 is 24.6 Å². The van der Waals surface area contributed by atoms with Crippen molar-refractivity contribution in [3.63, 3.8) is 0 Å². The molecule has 0 spiro atoms. The molecule has 0 aliphatic rings. The fourth-order valence-corrected chi connectivity index (χ4v) is 3.29. The number of esters is 1. The van der Waals surface area contributed by atoms with Crippen molar-refractivity contribution in [3.05, 3.63) is 57.4 Å². The number of benzene rings is 1. The third-order valence-corrected chi connectivity index (χ3v) is 4.55. The van der Waals surface area contributed by atoms with Crippen molar-refractivity contribution in [1.29, 1.82) is 0 Å². The molecule has 3 N–H and O–H groups in total. The second-order valence-electron chi connectivity index (χ2n) is 6.23. The lowest BCUT2D eigenvalue weighted by molar-refractivity contribution is -0.124. The topological polar surface area (TPSA) is 91.4 Å². The van der Waals surface area contributed by atoms with Crippen LogP contribution < -0.4 is 5.32 Å². The van der Waals surface area contributed by atoms with E-state index in [-0.39, 0.29) is 11.7 Å². The number of aromatic amines is 1. The summed E-state index contributed by atoms with van der Waals surface area (Å²) in [4.78, 5) is 27.2. The van der Waals surface area contributed by atoms with E-state index in [1.165, 1.54) is 0 Å². The summed E-state index contributed by atoms with van der Waals surface area (Å²) in [6.07, 6.45) is -0.701. The van der Waals surface area contributed by atoms with Gasteiger partial charge in [0.25, 0.3) is 5.91 Å². The minimum Gasteiger partial charge on any atom is -0.451 e. The van der Waals surface area contributed by atoms with Gasteiger partial charge in [-0.3, -0.25) is 4.79 Å². The number of ether oxygens (including phenoxy) is 1. The normalized spacial score (nSPS) is 13.2. The largest absolute Gasteiger partial charge is 0.451 e. The SMILES string of the molecule is Cc1[nH]c(C(=O)OCC(=O)N[C@@H](C)c2ccccc2Cl)c(C)c1[C@@H](C)O. The van der Waals surface area contributed by atoms with Crippen molar-refractivity contribution in [2.24, 2.45) is 0 Å². The van der Waals surface area contributed by atoms with Gasteiger partial charge in [-0.1, -0.05) is 29.8 Å². The Kier molecular flexibility index (Phi) is 6.45. The highest BCUT2D eigenvalue weighted by atomic mass is 35.5. The molecule has 0 aliphatic carbocycles. The number of hydrogen-bond donors (Lipinski definition) is 3. The van der Waals surface area contributed by atoms with E-state index in [0.717, 1.165) is 5.56 Å². The number of aromatic nitrogens is 1. The van der Waals surface area contributed by atoms with Gasteiger partial charge in [-0.2, -0.15) is 0 Å². The van der Waals surface area contributed by atoms with Crippen LogP contribution in [-0.4, -0.2) is 28.6 Å². The van der Waals surface area contributed by atoms with Gasteiger partial charge in [0.1, 0.15) is 5.69 Å². The number of carbonyl (C=O) groups excluding carboxylic acids is 2. The zero-order valence-corrected chi connectivity index (χ0v) is 16.0. The number of hydrogen-bond acceptors (Lipinski definition) is 4. The molecule has 0 fully saturated rings.